The van der Waals surface area contributed by atoms with Crippen LogP contribution in [0.5, 0.6) is 0 Å². The molecular formula is C24H24N4O2. The Morgan fingerprint density at radius 3 is 2.63 bits per heavy atom. The fourth-order valence-corrected chi connectivity index (χ4v) is 4.10. The van der Waals surface area contributed by atoms with Gasteiger partial charge in [-0.3, -0.25) is 4.79 Å². The molecule has 1 aliphatic heterocycles. The van der Waals surface area contributed by atoms with Crippen molar-refractivity contribution in [2.75, 3.05) is 13.1 Å². The Kier molecular flexibility index (Phi) is 5.05. The number of carbonyl (C=O) groups excluding carboxylic acids is 1. The predicted octanol–water partition coefficient (Wildman–Crippen LogP) is 4.56. The van der Waals surface area contributed by atoms with Gasteiger partial charge in [0.2, 0.25) is 5.91 Å². The number of rotatable bonds is 5. The van der Waals surface area contributed by atoms with Gasteiger partial charge in [0.15, 0.2) is 11.7 Å². The summed E-state index contributed by atoms with van der Waals surface area (Å²) in [5.74, 6) is 2.93. The lowest BCUT2D eigenvalue weighted by molar-refractivity contribution is -0.132. The summed E-state index contributed by atoms with van der Waals surface area (Å²) in [5, 5.41) is 0. The highest BCUT2D eigenvalue weighted by atomic mass is 16.4. The number of aromatic amines is 1. The molecule has 5 rings (SSSR count). The Morgan fingerprint density at radius 2 is 1.83 bits per heavy atom. The second kappa shape index (κ2) is 8.14. The lowest BCUT2D eigenvalue weighted by Gasteiger charge is -2.31. The number of H-pyrrole nitrogens is 1. The van der Waals surface area contributed by atoms with Crippen LogP contribution in [-0.2, 0) is 11.2 Å². The van der Waals surface area contributed by atoms with Gasteiger partial charge in [-0.05, 0) is 25.0 Å². The highest BCUT2D eigenvalue weighted by Gasteiger charge is 2.25. The Morgan fingerprint density at radius 1 is 1.07 bits per heavy atom. The number of benzene rings is 2. The summed E-state index contributed by atoms with van der Waals surface area (Å²) < 4.78 is 5.82. The van der Waals surface area contributed by atoms with Gasteiger partial charge in [0.25, 0.3) is 0 Å². The van der Waals surface area contributed by atoms with Crippen LogP contribution in [0.1, 0.15) is 36.9 Å². The van der Waals surface area contributed by atoms with E-state index in [0.717, 1.165) is 54.1 Å². The molecule has 2 aromatic carbocycles. The number of nitrogens with zero attached hydrogens (tertiary/aromatic N) is 3. The van der Waals surface area contributed by atoms with E-state index in [2.05, 4.69) is 16.0 Å². The zero-order chi connectivity index (χ0) is 20.3. The number of amides is 1. The zero-order valence-electron chi connectivity index (χ0n) is 16.8. The number of aromatic nitrogens is 3. The van der Waals surface area contributed by atoms with Gasteiger partial charge in [-0.25, -0.2) is 9.97 Å². The molecule has 0 aliphatic carbocycles. The normalized spacial score (nSPS) is 15.0. The summed E-state index contributed by atoms with van der Waals surface area (Å²) >= 11 is 0. The fraction of sp³-hybridized carbons (Fsp3) is 0.292. The van der Waals surface area contributed by atoms with Crippen LogP contribution in [0.3, 0.4) is 0 Å². The SMILES string of the molecule is O=C(CCc1ncc(-c2ccccc2)o1)N1CCC(c2nc3ccccc3[nH]2)CC1. The Hall–Kier alpha value is -3.41. The minimum absolute atomic E-state index is 0.164. The van der Waals surface area contributed by atoms with Crippen molar-refractivity contribution in [1.82, 2.24) is 19.9 Å². The molecule has 0 bridgehead atoms. The number of piperidine rings is 1. The fourth-order valence-electron chi connectivity index (χ4n) is 4.10. The van der Waals surface area contributed by atoms with E-state index in [1.54, 1.807) is 6.20 Å². The zero-order valence-corrected chi connectivity index (χ0v) is 16.8. The van der Waals surface area contributed by atoms with E-state index in [0.29, 0.717) is 24.7 Å². The van der Waals surface area contributed by atoms with Gasteiger partial charge in [-0.2, -0.15) is 0 Å². The molecule has 30 heavy (non-hydrogen) atoms. The molecule has 0 spiro atoms. The van der Waals surface area contributed by atoms with Gasteiger partial charge >= 0.3 is 0 Å². The molecule has 1 saturated heterocycles. The minimum atomic E-state index is 0.164. The van der Waals surface area contributed by atoms with Gasteiger partial charge in [-0.1, -0.05) is 42.5 Å². The summed E-state index contributed by atoms with van der Waals surface area (Å²) in [6.07, 6.45) is 4.54. The summed E-state index contributed by atoms with van der Waals surface area (Å²) in [6.45, 7) is 1.53. The number of imidazole rings is 1. The average molecular weight is 400 g/mol. The largest absolute Gasteiger partial charge is 0.441 e. The van der Waals surface area contributed by atoms with Crippen LogP contribution < -0.4 is 0 Å². The van der Waals surface area contributed by atoms with E-state index in [9.17, 15) is 4.79 Å². The molecule has 2 aromatic heterocycles. The number of nitrogens with one attached hydrogen (secondary N) is 1. The van der Waals surface area contributed by atoms with Crippen molar-refractivity contribution < 1.29 is 9.21 Å². The molecule has 3 heterocycles. The molecule has 152 valence electrons. The molecule has 1 fully saturated rings. The smallest absolute Gasteiger partial charge is 0.223 e. The highest BCUT2D eigenvalue weighted by Crippen LogP contribution is 2.28. The van der Waals surface area contributed by atoms with E-state index in [1.807, 2.05) is 53.4 Å². The predicted molar refractivity (Wildman–Crippen MR) is 115 cm³/mol. The van der Waals surface area contributed by atoms with Gasteiger partial charge in [0.05, 0.1) is 17.2 Å². The van der Waals surface area contributed by atoms with Crippen LogP contribution >= 0.6 is 0 Å². The molecule has 1 N–H and O–H groups in total. The monoisotopic (exact) mass is 400 g/mol. The van der Waals surface area contributed by atoms with Crippen molar-refractivity contribution in [3.8, 4) is 11.3 Å². The molecule has 0 saturated carbocycles. The maximum Gasteiger partial charge on any atom is 0.223 e. The molecule has 0 unspecified atom stereocenters. The molecule has 1 amide bonds. The Balaban J connectivity index is 1.14. The number of fused-ring (bicyclic) bond motifs is 1. The van der Waals surface area contributed by atoms with Crippen molar-refractivity contribution in [2.45, 2.75) is 31.6 Å². The standard InChI is InChI=1S/C24H24N4O2/c29-23(11-10-22-25-16-21(30-22)17-6-2-1-3-7-17)28-14-12-18(13-15-28)24-26-19-8-4-5-9-20(19)27-24/h1-9,16,18H,10-15H2,(H,26,27). The topological polar surface area (TPSA) is 75.0 Å². The van der Waals surface area contributed by atoms with Crippen LogP contribution in [-0.4, -0.2) is 38.8 Å². The summed E-state index contributed by atoms with van der Waals surface area (Å²) in [4.78, 5) is 27.1. The van der Waals surface area contributed by atoms with E-state index in [1.165, 1.54) is 0 Å². The minimum Gasteiger partial charge on any atom is -0.441 e. The van der Waals surface area contributed by atoms with Gasteiger partial charge in [0.1, 0.15) is 5.82 Å². The lowest BCUT2D eigenvalue weighted by atomic mass is 9.96. The highest BCUT2D eigenvalue weighted by molar-refractivity contribution is 5.76. The molecule has 6 heteroatoms. The third-order valence-corrected chi connectivity index (χ3v) is 5.81. The number of hydrogen-bond donors (Lipinski definition) is 1. The van der Waals surface area contributed by atoms with Crippen LogP contribution in [0.15, 0.2) is 65.2 Å². The first-order valence-corrected chi connectivity index (χ1v) is 10.5. The molecular weight excluding hydrogens is 376 g/mol. The average Bonchev–Trinajstić information content (AvgIpc) is 3.45. The van der Waals surface area contributed by atoms with E-state index >= 15 is 0 Å². The number of likely N-dealkylation sites (tertiary alicyclic amines) is 1. The van der Waals surface area contributed by atoms with Crippen molar-refractivity contribution >= 4 is 16.9 Å². The van der Waals surface area contributed by atoms with E-state index in [4.69, 9.17) is 9.40 Å². The van der Waals surface area contributed by atoms with E-state index in [-0.39, 0.29) is 5.91 Å². The second-order valence-electron chi connectivity index (χ2n) is 7.78. The van der Waals surface area contributed by atoms with Crippen LogP contribution in [0.25, 0.3) is 22.4 Å². The lowest BCUT2D eigenvalue weighted by Crippen LogP contribution is -2.38. The van der Waals surface area contributed by atoms with Gasteiger partial charge in [-0.15, -0.1) is 0 Å². The first-order chi connectivity index (χ1) is 14.8. The molecule has 6 nitrogen and oxygen atoms in total. The summed E-state index contributed by atoms with van der Waals surface area (Å²) in [5.41, 5.74) is 3.08. The van der Waals surface area contributed by atoms with Crippen molar-refractivity contribution in [3.05, 3.63) is 72.5 Å². The first kappa shape index (κ1) is 18.6. The summed E-state index contributed by atoms with van der Waals surface area (Å²) in [7, 11) is 0. The van der Waals surface area contributed by atoms with Crippen molar-refractivity contribution in [1.29, 1.82) is 0 Å². The number of aryl methyl sites for hydroxylation is 1. The first-order valence-electron chi connectivity index (χ1n) is 10.5. The Labute approximate surface area is 175 Å². The van der Waals surface area contributed by atoms with E-state index < -0.39 is 0 Å². The number of oxazole rings is 1. The van der Waals surface area contributed by atoms with Gasteiger partial charge in [0, 0.05) is 37.4 Å². The molecule has 1 aliphatic rings. The van der Waals surface area contributed by atoms with Crippen molar-refractivity contribution in [3.63, 3.8) is 0 Å². The second-order valence-corrected chi connectivity index (χ2v) is 7.78. The maximum absolute atomic E-state index is 12.7. The third-order valence-electron chi connectivity index (χ3n) is 5.81. The third kappa shape index (κ3) is 3.85. The van der Waals surface area contributed by atoms with Crippen LogP contribution in [0.4, 0.5) is 0 Å². The molecule has 0 radical (unpaired) electrons. The van der Waals surface area contributed by atoms with Gasteiger partial charge < -0.3 is 14.3 Å². The number of para-hydroxylation sites is 2. The number of carbonyl (C=O) groups is 1. The summed E-state index contributed by atoms with van der Waals surface area (Å²) in [6, 6.07) is 18.0. The van der Waals surface area contributed by atoms with Crippen molar-refractivity contribution in [2.24, 2.45) is 0 Å². The Bertz CT molecular complexity index is 1110. The molecule has 0 atom stereocenters. The van der Waals surface area contributed by atoms with Crippen LogP contribution in [0, 0.1) is 0 Å². The molecule has 4 aromatic rings. The maximum atomic E-state index is 12.7. The quantitative estimate of drug-likeness (QED) is 0.533. The number of hydrogen-bond acceptors (Lipinski definition) is 4. The van der Waals surface area contributed by atoms with Crippen LogP contribution in [0.2, 0.25) is 0 Å².